The van der Waals surface area contributed by atoms with Gasteiger partial charge in [0.1, 0.15) is 5.69 Å². The molecular formula is C15H16F3N7O. The molecule has 1 atom stereocenters. The maximum Gasteiger partial charge on any atom is 0.433 e. The zero-order chi connectivity index (χ0) is 18.9. The molecule has 1 N–H and O–H groups in total. The Morgan fingerprint density at radius 3 is 2.81 bits per heavy atom. The lowest BCUT2D eigenvalue weighted by Crippen LogP contribution is -2.31. The number of aromatic nitrogens is 6. The van der Waals surface area contributed by atoms with Crippen molar-refractivity contribution in [2.45, 2.75) is 26.6 Å². The van der Waals surface area contributed by atoms with Crippen LogP contribution in [0.15, 0.2) is 24.5 Å². The van der Waals surface area contributed by atoms with Gasteiger partial charge in [0.05, 0.1) is 5.69 Å². The lowest BCUT2D eigenvalue weighted by Gasteiger charge is -2.15. The van der Waals surface area contributed by atoms with E-state index in [2.05, 4.69) is 25.5 Å². The van der Waals surface area contributed by atoms with Gasteiger partial charge in [0.25, 0.3) is 11.7 Å². The van der Waals surface area contributed by atoms with E-state index in [1.54, 1.807) is 19.2 Å². The number of hydrogen-bond acceptors (Lipinski definition) is 5. The van der Waals surface area contributed by atoms with Gasteiger partial charge in [-0.3, -0.25) is 9.48 Å². The normalized spacial score (nSPS) is 13.1. The zero-order valence-corrected chi connectivity index (χ0v) is 14.0. The molecule has 3 aromatic rings. The molecule has 0 fully saturated rings. The van der Waals surface area contributed by atoms with Gasteiger partial charge in [-0.1, -0.05) is 6.92 Å². The summed E-state index contributed by atoms with van der Waals surface area (Å²) in [5.74, 6) is -0.570. The van der Waals surface area contributed by atoms with Gasteiger partial charge in [-0.15, -0.1) is 5.10 Å². The van der Waals surface area contributed by atoms with Crippen molar-refractivity contribution in [2.75, 3.05) is 6.54 Å². The Morgan fingerprint density at radius 2 is 2.12 bits per heavy atom. The van der Waals surface area contributed by atoms with Crippen LogP contribution in [0.5, 0.6) is 0 Å². The monoisotopic (exact) mass is 367 g/mol. The average molecular weight is 367 g/mol. The number of carbonyl (C=O) groups excluding carboxylic acids is 1. The smallest absolute Gasteiger partial charge is 0.349 e. The van der Waals surface area contributed by atoms with Gasteiger partial charge >= 0.3 is 6.18 Å². The summed E-state index contributed by atoms with van der Waals surface area (Å²) >= 11 is 0. The number of amides is 1. The highest BCUT2D eigenvalue weighted by atomic mass is 19.4. The van der Waals surface area contributed by atoms with Crippen LogP contribution < -0.4 is 5.32 Å². The lowest BCUT2D eigenvalue weighted by molar-refractivity contribution is -0.144. The molecule has 0 aliphatic carbocycles. The minimum atomic E-state index is -4.47. The van der Waals surface area contributed by atoms with Crippen LogP contribution >= 0.6 is 0 Å². The Morgan fingerprint density at radius 1 is 1.35 bits per heavy atom. The Bertz CT molecular complexity index is 898. The second-order valence-electron chi connectivity index (χ2n) is 5.97. The number of hydrogen-bond donors (Lipinski definition) is 1. The molecule has 1 unspecified atom stereocenters. The second kappa shape index (κ2) is 6.73. The van der Waals surface area contributed by atoms with Crippen molar-refractivity contribution in [1.29, 1.82) is 0 Å². The molecule has 0 saturated carbocycles. The molecule has 0 aromatic carbocycles. The van der Waals surface area contributed by atoms with Gasteiger partial charge in [0.15, 0.2) is 0 Å². The number of rotatable bonds is 5. The van der Waals surface area contributed by atoms with E-state index in [9.17, 15) is 18.0 Å². The minimum Gasteiger partial charge on any atom is -0.349 e. The fraction of sp³-hybridized carbons (Fsp3) is 0.400. The first-order valence-corrected chi connectivity index (χ1v) is 7.81. The minimum absolute atomic E-state index is 0.0170. The summed E-state index contributed by atoms with van der Waals surface area (Å²) in [5, 5.41) is 10.5. The third kappa shape index (κ3) is 3.81. The molecule has 26 heavy (non-hydrogen) atoms. The number of alkyl halides is 3. The fourth-order valence-corrected chi connectivity index (χ4v) is 2.45. The van der Waals surface area contributed by atoms with E-state index in [-0.39, 0.29) is 36.3 Å². The maximum atomic E-state index is 13.0. The number of carbonyl (C=O) groups is 1. The fourth-order valence-electron chi connectivity index (χ4n) is 2.45. The Hall–Kier alpha value is -2.98. The first-order valence-electron chi connectivity index (χ1n) is 7.81. The molecule has 3 aromatic heterocycles. The highest BCUT2D eigenvalue weighted by molar-refractivity contribution is 5.90. The number of halogens is 3. The van der Waals surface area contributed by atoms with E-state index >= 15 is 0 Å². The van der Waals surface area contributed by atoms with Gasteiger partial charge in [0.2, 0.25) is 5.82 Å². The summed E-state index contributed by atoms with van der Waals surface area (Å²) in [7, 11) is 0. The van der Waals surface area contributed by atoms with Crippen molar-refractivity contribution < 1.29 is 18.0 Å². The molecule has 0 bridgehead atoms. The largest absolute Gasteiger partial charge is 0.433 e. The van der Waals surface area contributed by atoms with E-state index in [0.29, 0.717) is 0 Å². The highest BCUT2D eigenvalue weighted by Gasteiger charge is 2.35. The van der Waals surface area contributed by atoms with Gasteiger partial charge in [-0.05, 0) is 25.0 Å². The molecule has 0 radical (unpaired) electrons. The van der Waals surface area contributed by atoms with Crippen LogP contribution in [0.2, 0.25) is 0 Å². The number of nitrogens with one attached hydrogen (secondary N) is 1. The second-order valence-corrected chi connectivity index (χ2v) is 5.97. The van der Waals surface area contributed by atoms with Crippen molar-refractivity contribution in [3.05, 3.63) is 41.7 Å². The third-order valence-corrected chi connectivity index (χ3v) is 3.61. The lowest BCUT2D eigenvalue weighted by atomic mass is 10.2. The van der Waals surface area contributed by atoms with Crippen LogP contribution in [0, 0.1) is 12.8 Å². The van der Waals surface area contributed by atoms with E-state index in [4.69, 9.17) is 0 Å². The molecule has 8 nitrogen and oxygen atoms in total. The van der Waals surface area contributed by atoms with Gasteiger partial charge in [0, 0.05) is 25.5 Å². The van der Waals surface area contributed by atoms with Crippen LogP contribution in [0.3, 0.4) is 0 Å². The highest BCUT2D eigenvalue weighted by Crippen LogP contribution is 2.30. The Labute approximate surface area is 146 Å². The molecular weight excluding hydrogens is 351 g/mol. The predicted molar refractivity (Wildman–Crippen MR) is 84.2 cm³/mol. The molecule has 3 heterocycles. The van der Waals surface area contributed by atoms with Crippen molar-refractivity contribution >= 4 is 11.7 Å². The summed E-state index contributed by atoms with van der Waals surface area (Å²) in [6.07, 6.45) is -1.34. The summed E-state index contributed by atoms with van der Waals surface area (Å²) in [4.78, 5) is 20.1. The summed E-state index contributed by atoms with van der Waals surface area (Å²) < 4.78 is 41.3. The van der Waals surface area contributed by atoms with Crippen molar-refractivity contribution in [3.63, 3.8) is 0 Å². The van der Waals surface area contributed by atoms with Crippen molar-refractivity contribution in [2.24, 2.45) is 5.92 Å². The van der Waals surface area contributed by atoms with Gasteiger partial charge in [-0.2, -0.15) is 23.3 Å². The topological polar surface area (TPSA) is 90.0 Å². The van der Waals surface area contributed by atoms with Crippen LogP contribution in [0.25, 0.3) is 5.78 Å². The van der Waals surface area contributed by atoms with Crippen molar-refractivity contribution in [3.8, 4) is 0 Å². The molecule has 1 amide bonds. The van der Waals surface area contributed by atoms with Crippen LogP contribution in [-0.4, -0.2) is 41.8 Å². The number of nitrogens with zero attached hydrogens (tertiary/aromatic N) is 6. The van der Waals surface area contributed by atoms with Crippen LogP contribution in [-0.2, 0) is 12.7 Å². The third-order valence-electron chi connectivity index (χ3n) is 3.61. The van der Waals surface area contributed by atoms with Crippen LogP contribution in [0.4, 0.5) is 13.2 Å². The average Bonchev–Trinajstić information content (AvgIpc) is 3.15. The standard InChI is InChI=1S/C15H16F3N7O/c1-9(8-25-11(15(16,17)18)6-10(2)22-25)7-20-13(26)12-21-14-19-4-3-5-24(14)23-12/h3-6,9H,7-8H2,1-2H3,(H,20,26). The molecule has 138 valence electrons. The van der Waals surface area contributed by atoms with Crippen molar-refractivity contribution in [1.82, 2.24) is 34.7 Å². The summed E-state index contributed by atoms with van der Waals surface area (Å²) in [6, 6.07) is 2.65. The molecule has 0 aliphatic rings. The van der Waals surface area contributed by atoms with E-state index in [0.717, 1.165) is 10.7 Å². The predicted octanol–water partition coefficient (Wildman–Crippen LogP) is 1.71. The quantitative estimate of drug-likeness (QED) is 0.742. The van der Waals surface area contributed by atoms with E-state index in [1.807, 2.05) is 0 Å². The SMILES string of the molecule is Cc1cc(C(F)(F)F)n(CC(C)CNC(=O)c2nc3ncccn3n2)n1. The van der Waals surface area contributed by atoms with E-state index < -0.39 is 17.8 Å². The molecule has 3 rings (SSSR count). The molecule has 11 heteroatoms. The number of aryl methyl sites for hydroxylation is 1. The zero-order valence-electron chi connectivity index (χ0n) is 14.0. The molecule has 0 aliphatic heterocycles. The first-order chi connectivity index (χ1) is 12.2. The van der Waals surface area contributed by atoms with Gasteiger partial charge < -0.3 is 5.32 Å². The molecule has 0 saturated heterocycles. The maximum absolute atomic E-state index is 13.0. The first kappa shape index (κ1) is 17.8. The van der Waals surface area contributed by atoms with E-state index in [1.165, 1.54) is 17.6 Å². The number of fused-ring (bicyclic) bond motifs is 1. The van der Waals surface area contributed by atoms with Crippen LogP contribution in [0.1, 0.15) is 28.9 Å². The summed E-state index contributed by atoms with van der Waals surface area (Å²) in [5.41, 5.74) is -0.517. The summed E-state index contributed by atoms with van der Waals surface area (Å²) in [6.45, 7) is 3.39. The molecule has 0 spiro atoms. The Kier molecular flexibility index (Phi) is 4.62. The van der Waals surface area contributed by atoms with Gasteiger partial charge in [-0.25, -0.2) is 9.50 Å². The Balaban J connectivity index is 1.62.